The number of para-hydroxylation sites is 1. The number of hydrogen-bond acceptors (Lipinski definition) is 4. The Morgan fingerprint density at radius 3 is 3.04 bits per heavy atom. The number of quaternary nitrogens is 1. The monoisotopic (exact) mass is 373 g/mol. The van der Waals surface area contributed by atoms with Crippen LogP contribution in [-0.4, -0.2) is 29.0 Å². The molecule has 3 heterocycles. The molecule has 4 rings (SSSR count). The summed E-state index contributed by atoms with van der Waals surface area (Å²) in [5.41, 5.74) is 1.60. The van der Waals surface area contributed by atoms with Crippen LogP contribution in [0.5, 0.6) is 0 Å². The van der Waals surface area contributed by atoms with Crippen molar-refractivity contribution in [2.45, 2.75) is 18.9 Å². The fourth-order valence-electron chi connectivity index (χ4n) is 3.34. The molecule has 3 aromatic rings. The van der Waals surface area contributed by atoms with E-state index in [0.29, 0.717) is 17.4 Å². The third-order valence-corrected chi connectivity index (χ3v) is 5.96. The molecule has 1 aliphatic rings. The maximum absolute atomic E-state index is 12.4. The van der Waals surface area contributed by atoms with Crippen LogP contribution in [0.15, 0.2) is 42.6 Å². The first-order valence-corrected chi connectivity index (χ1v) is 9.50. The van der Waals surface area contributed by atoms with E-state index in [1.165, 1.54) is 9.60 Å². The molecular weight excluding hydrogens is 356 g/mol. The van der Waals surface area contributed by atoms with Crippen molar-refractivity contribution in [2.75, 3.05) is 18.4 Å². The van der Waals surface area contributed by atoms with Gasteiger partial charge in [-0.2, -0.15) is 0 Å². The minimum Gasteiger partial charge on any atom is -0.319 e. The number of likely N-dealkylation sites (tertiary alicyclic amines) is 1. The molecular formula is C18H18ClN4OS+. The zero-order valence-electron chi connectivity index (χ0n) is 13.5. The molecule has 0 bridgehead atoms. The number of pyridine rings is 1. The van der Waals surface area contributed by atoms with Crippen molar-refractivity contribution in [1.29, 1.82) is 0 Å². The maximum Gasteiger partial charge on any atom is 0.279 e. The number of anilines is 1. The number of fused-ring (bicyclic) bond motifs is 1. The molecule has 1 fully saturated rings. The Morgan fingerprint density at radius 1 is 1.32 bits per heavy atom. The quantitative estimate of drug-likeness (QED) is 0.691. The lowest BCUT2D eigenvalue weighted by molar-refractivity contribution is -0.910. The van der Waals surface area contributed by atoms with Gasteiger partial charge in [0.25, 0.3) is 5.91 Å². The summed E-state index contributed by atoms with van der Waals surface area (Å²) in [6, 6.07) is 12.0. The number of carbonyl (C=O) groups is 1. The Bertz CT molecular complexity index is 880. The number of nitrogens with one attached hydrogen (secondary N) is 2. The van der Waals surface area contributed by atoms with E-state index >= 15 is 0 Å². The molecule has 0 radical (unpaired) electrons. The van der Waals surface area contributed by atoms with Gasteiger partial charge < -0.3 is 10.2 Å². The molecule has 1 unspecified atom stereocenters. The fourth-order valence-corrected chi connectivity index (χ4v) is 4.67. The van der Waals surface area contributed by atoms with Crippen LogP contribution in [0.2, 0.25) is 5.15 Å². The molecule has 7 heteroatoms. The van der Waals surface area contributed by atoms with E-state index in [2.05, 4.69) is 16.4 Å². The van der Waals surface area contributed by atoms with E-state index in [1.807, 2.05) is 18.2 Å². The van der Waals surface area contributed by atoms with Crippen LogP contribution in [0.4, 0.5) is 5.69 Å². The highest BCUT2D eigenvalue weighted by atomic mass is 35.5. The number of nitrogens with zero attached hydrogens (tertiary/aromatic N) is 2. The van der Waals surface area contributed by atoms with E-state index in [-0.39, 0.29) is 11.9 Å². The lowest BCUT2D eigenvalue weighted by Gasteiger charge is -2.19. The van der Waals surface area contributed by atoms with Gasteiger partial charge in [-0.15, -0.1) is 11.3 Å². The number of rotatable bonds is 4. The number of carbonyl (C=O) groups excluding carboxylic acids is 1. The number of hydrogen-bond donors (Lipinski definition) is 2. The van der Waals surface area contributed by atoms with Crippen LogP contribution in [0.1, 0.15) is 23.9 Å². The Balaban J connectivity index is 1.48. The predicted molar refractivity (Wildman–Crippen MR) is 100 cm³/mol. The van der Waals surface area contributed by atoms with E-state index < -0.39 is 0 Å². The number of halogens is 1. The minimum absolute atomic E-state index is 0.0436. The van der Waals surface area contributed by atoms with Crippen molar-refractivity contribution in [3.63, 3.8) is 0 Å². The summed E-state index contributed by atoms with van der Waals surface area (Å²) in [5, 5.41) is 4.31. The van der Waals surface area contributed by atoms with E-state index in [1.54, 1.807) is 29.7 Å². The highest BCUT2D eigenvalue weighted by molar-refractivity contribution is 7.18. The third kappa shape index (κ3) is 3.51. The van der Waals surface area contributed by atoms with Gasteiger partial charge in [-0.3, -0.25) is 4.79 Å². The zero-order chi connectivity index (χ0) is 17.2. The van der Waals surface area contributed by atoms with Crippen molar-refractivity contribution in [2.24, 2.45) is 0 Å². The lowest BCUT2D eigenvalue weighted by Crippen LogP contribution is -3.11. The Hall–Kier alpha value is -2.02. The lowest BCUT2D eigenvalue weighted by atomic mass is 10.2. The molecule has 5 nitrogen and oxygen atoms in total. The van der Waals surface area contributed by atoms with Gasteiger partial charge >= 0.3 is 0 Å². The molecule has 0 saturated carbocycles. The second-order valence-corrected chi connectivity index (χ2v) is 7.61. The molecule has 25 heavy (non-hydrogen) atoms. The summed E-state index contributed by atoms with van der Waals surface area (Å²) < 4.78 is 1.20. The Kier molecular flexibility index (Phi) is 4.65. The average Bonchev–Trinajstić information content (AvgIpc) is 3.23. The summed E-state index contributed by atoms with van der Waals surface area (Å²) >= 11 is 7.75. The first kappa shape index (κ1) is 16.4. The third-order valence-electron chi connectivity index (χ3n) is 4.51. The number of thiazole rings is 1. The molecule has 2 aromatic heterocycles. The Labute approximate surface area is 154 Å². The molecule has 1 aliphatic heterocycles. The molecule has 1 aromatic carbocycles. The van der Waals surface area contributed by atoms with Crippen molar-refractivity contribution < 1.29 is 9.69 Å². The van der Waals surface area contributed by atoms with Crippen LogP contribution in [0.25, 0.3) is 10.2 Å². The maximum atomic E-state index is 12.4. The van der Waals surface area contributed by atoms with Crippen LogP contribution < -0.4 is 10.2 Å². The van der Waals surface area contributed by atoms with Gasteiger partial charge in [0, 0.05) is 19.0 Å². The molecule has 1 amide bonds. The van der Waals surface area contributed by atoms with E-state index in [4.69, 9.17) is 16.6 Å². The highest BCUT2D eigenvalue weighted by Crippen LogP contribution is 2.28. The molecule has 2 atom stereocenters. The Morgan fingerprint density at radius 2 is 2.20 bits per heavy atom. The predicted octanol–water partition coefficient (Wildman–Crippen LogP) is 2.70. The van der Waals surface area contributed by atoms with Gasteiger partial charge in [-0.1, -0.05) is 23.7 Å². The van der Waals surface area contributed by atoms with Crippen molar-refractivity contribution in [1.82, 2.24) is 9.97 Å². The summed E-state index contributed by atoms with van der Waals surface area (Å²) in [6.45, 7) is 1.39. The second kappa shape index (κ2) is 7.07. The molecule has 2 N–H and O–H groups in total. The van der Waals surface area contributed by atoms with Crippen LogP contribution in [-0.2, 0) is 4.79 Å². The largest absolute Gasteiger partial charge is 0.319 e. The second-order valence-electron chi connectivity index (χ2n) is 6.19. The summed E-state index contributed by atoms with van der Waals surface area (Å²) in [6.07, 6.45) is 3.78. The standard InChI is InChI=1S/C18H17ClN4OS/c19-17-13(6-3-9-20-17)21-16(24)11-23-10-4-7-14(23)18-22-12-5-1-2-8-15(12)25-18/h1-3,5-6,8-9,14H,4,7,10-11H2,(H,21,24)/p+1/t14-/m0/s1. The van der Waals surface area contributed by atoms with Gasteiger partial charge in [-0.25, -0.2) is 9.97 Å². The molecule has 128 valence electrons. The normalized spacial score (nSPS) is 20.0. The molecule has 0 aliphatic carbocycles. The van der Waals surface area contributed by atoms with Gasteiger partial charge in [0.15, 0.2) is 16.7 Å². The molecule has 1 saturated heterocycles. The van der Waals surface area contributed by atoms with E-state index in [0.717, 1.165) is 29.9 Å². The van der Waals surface area contributed by atoms with Gasteiger partial charge in [-0.05, 0) is 24.3 Å². The van der Waals surface area contributed by atoms with Gasteiger partial charge in [0.2, 0.25) is 0 Å². The smallest absolute Gasteiger partial charge is 0.279 e. The topological polar surface area (TPSA) is 59.3 Å². The van der Waals surface area contributed by atoms with Gasteiger partial charge in [0.1, 0.15) is 6.04 Å². The number of aromatic nitrogens is 2. The van der Waals surface area contributed by atoms with E-state index in [9.17, 15) is 4.79 Å². The van der Waals surface area contributed by atoms with Crippen molar-refractivity contribution in [3.8, 4) is 0 Å². The number of amides is 1. The number of benzene rings is 1. The summed E-state index contributed by atoms with van der Waals surface area (Å²) in [5.74, 6) is -0.0436. The summed E-state index contributed by atoms with van der Waals surface area (Å²) in [7, 11) is 0. The van der Waals surface area contributed by atoms with Crippen LogP contribution in [0, 0.1) is 0 Å². The zero-order valence-corrected chi connectivity index (χ0v) is 15.1. The summed E-state index contributed by atoms with van der Waals surface area (Å²) in [4.78, 5) is 22.5. The van der Waals surface area contributed by atoms with Crippen LogP contribution in [0.3, 0.4) is 0 Å². The first-order chi connectivity index (χ1) is 12.2. The average molecular weight is 374 g/mol. The van der Waals surface area contributed by atoms with Gasteiger partial charge in [0.05, 0.1) is 22.4 Å². The SMILES string of the molecule is O=C(C[NH+]1CCC[C@H]1c1nc2ccccc2s1)Nc1cccnc1Cl. The first-order valence-electron chi connectivity index (χ1n) is 8.31. The van der Waals surface area contributed by atoms with Crippen LogP contribution >= 0.6 is 22.9 Å². The molecule has 0 spiro atoms. The fraction of sp³-hybridized carbons (Fsp3) is 0.278. The van der Waals surface area contributed by atoms with Crippen molar-refractivity contribution >= 4 is 44.7 Å². The highest BCUT2D eigenvalue weighted by Gasteiger charge is 2.34. The van der Waals surface area contributed by atoms with Crippen molar-refractivity contribution in [3.05, 3.63) is 52.8 Å². The minimum atomic E-state index is -0.0436.